The van der Waals surface area contributed by atoms with Gasteiger partial charge in [-0.15, -0.1) is 0 Å². The molecule has 1 heterocycles. The number of methoxy groups -OCH3 is 1. The maximum atomic E-state index is 6.57. The van der Waals surface area contributed by atoms with E-state index < -0.39 is 0 Å². The first-order valence-electron chi connectivity index (χ1n) is 11.1. The molecule has 0 N–H and O–H groups in total. The molecule has 2 aliphatic rings. The summed E-state index contributed by atoms with van der Waals surface area (Å²) in [6.07, 6.45) is 10.2. The van der Waals surface area contributed by atoms with Gasteiger partial charge in [0.05, 0.1) is 7.11 Å². The normalized spacial score (nSPS) is 23.3. The lowest BCUT2D eigenvalue weighted by Gasteiger charge is -2.25. The number of hydrogen-bond acceptors (Lipinski definition) is 3. The minimum atomic E-state index is 0.252. The molecule has 5 rings (SSSR count). The van der Waals surface area contributed by atoms with Crippen LogP contribution in [0.3, 0.4) is 0 Å². The van der Waals surface area contributed by atoms with Crippen LogP contribution in [0.5, 0.6) is 11.5 Å². The Balaban J connectivity index is 1.47. The highest BCUT2D eigenvalue weighted by Gasteiger charge is 2.41. The van der Waals surface area contributed by atoms with Gasteiger partial charge in [-0.3, -0.25) is 4.98 Å². The van der Waals surface area contributed by atoms with E-state index in [0.29, 0.717) is 12.0 Å². The van der Waals surface area contributed by atoms with Gasteiger partial charge in [0.1, 0.15) is 6.10 Å². The lowest BCUT2D eigenvalue weighted by molar-refractivity contribution is 0.133. The molecule has 0 amide bonds. The minimum Gasteiger partial charge on any atom is -0.493 e. The first kappa shape index (κ1) is 19.2. The Bertz CT molecular complexity index is 973. The van der Waals surface area contributed by atoms with Gasteiger partial charge in [0, 0.05) is 18.3 Å². The molecule has 0 aliphatic heterocycles. The molecule has 154 valence electrons. The molecule has 0 spiro atoms. The van der Waals surface area contributed by atoms with Gasteiger partial charge in [-0.2, -0.15) is 0 Å². The van der Waals surface area contributed by atoms with E-state index in [2.05, 4.69) is 65.6 Å². The van der Waals surface area contributed by atoms with Crippen molar-refractivity contribution in [1.29, 1.82) is 0 Å². The van der Waals surface area contributed by atoms with E-state index >= 15 is 0 Å². The molecule has 2 saturated carbocycles. The molecular weight excluding hydrogens is 370 g/mol. The minimum absolute atomic E-state index is 0.252. The molecule has 30 heavy (non-hydrogen) atoms. The SMILES string of the molecule is COc1ccc([C@H](Cc2ccncc2)c2ccccc2)cc1OC1CC2CCC1C2. The van der Waals surface area contributed by atoms with Crippen LogP contribution in [0, 0.1) is 11.8 Å². The third-order valence-corrected chi connectivity index (χ3v) is 6.93. The van der Waals surface area contributed by atoms with Crippen molar-refractivity contribution in [2.75, 3.05) is 7.11 Å². The Hall–Kier alpha value is -2.81. The topological polar surface area (TPSA) is 31.4 Å². The number of aromatic nitrogens is 1. The molecule has 3 heteroatoms. The monoisotopic (exact) mass is 399 g/mol. The Labute approximate surface area is 179 Å². The molecule has 2 fully saturated rings. The quantitative estimate of drug-likeness (QED) is 0.486. The van der Waals surface area contributed by atoms with Crippen molar-refractivity contribution in [2.24, 2.45) is 11.8 Å². The Morgan fingerprint density at radius 1 is 0.900 bits per heavy atom. The highest BCUT2D eigenvalue weighted by molar-refractivity contribution is 5.47. The molecule has 2 bridgehead atoms. The van der Waals surface area contributed by atoms with Crippen molar-refractivity contribution >= 4 is 0 Å². The van der Waals surface area contributed by atoms with Crippen molar-refractivity contribution in [3.63, 3.8) is 0 Å². The van der Waals surface area contributed by atoms with Gasteiger partial charge in [-0.25, -0.2) is 0 Å². The van der Waals surface area contributed by atoms with E-state index in [0.717, 1.165) is 23.8 Å². The Morgan fingerprint density at radius 2 is 1.73 bits per heavy atom. The van der Waals surface area contributed by atoms with Crippen LogP contribution in [0.1, 0.15) is 48.3 Å². The van der Waals surface area contributed by atoms with Crippen LogP contribution >= 0.6 is 0 Å². The molecule has 4 atom stereocenters. The van der Waals surface area contributed by atoms with Gasteiger partial charge >= 0.3 is 0 Å². The van der Waals surface area contributed by atoms with Gasteiger partial charge < -0.3 is 9.47 Å². The van der Waals surface area contributed by atoms with Crippen molar-refractivity contribution in [3.05, 3.63) is 89.7 Å². The molecule has 1 aromatic heterocycles. The Morgan fingerprint density at radius 3 is 2.43 bits per heavy atom. The van der Waals surface area contributed by atoms with Crippen LogP contribution in [-0.4, -0.2) is 18.2 Å². The summed E-state index contributed by atoms with van der Waals surface area (Å²) < 4.78 is 12.2. The second-order valence-electron chi connectivity index (χ2n) is 8.76. The number of benzene rings is 2. The van der Waals surface area contributed by atoms with E-state index in [1.165, 1.54) is 42.4 Å². The maximum Gasteiger partial charge on any atom is 0.161 e. The van der Waals surface area contributed by atoms with Crippen LogP contribution < -0.4 is 9.47 Å². The number of hydrogen-bond donors (Lipinski definition) is 0. The van der Waals surface area contributed by atoms with Gasteiger partial charge in [0.25, 0.3) is 0 Å². The molecule has 2 aromatic carbocycles. The van der Waals surface area contributed by atoms with Crippen LogP contribution in [0.15, 0.2) is 73.1 Å². The van der Waals surface area contributed by atoms with E-state index in [1.807, 2.05) is 12.4 Å². The summed E-state index contributed by atoms with van der Waals surface area (Å²) in [4.78, 5) is 4.17. The fraction of sp³-hybridized carbons (Fsp3) is 0.370. The van der Waals surface area contributed by atoms with E-state index in [1.54, 1.807) is 7.11 Å². The first-order chi connectivity index (χ1) is 14.8. The highest BCUT2D eigenvalue weighted by atomic mass is 16.5. The summed E-state index contributed by atoms with van der Waals surface area (Å²) in [5.41, 5.74) is 3.85. The van der Waals surface area contributed by atoms with Crippen LogP contribution in [-0.2, 0) is 6.42 Å². The van der Waals surface area contributed by atoms with Crippen LogP contribution in [0.2, 0.25) is 0 Å². The molecular formula is C27H29NO2. The van der Waals surface area contributed by atoms with E-state index in [4.69, 9.17) is 9.47 Å². The smallest absolute Gasteiger partial charge is 0.161 e. The maximum absolute atomic E-state index is 6.57. The average Bonchev–Trinajstić information content (AvgIpc) is 3.42. The van der Waals surface area contributed by atoms with Gasteiger partial charge in [0.15, 0.2) is 11.5 Å². The number of fused-ring (bicyclic) bond motifs is 2. The second-order valence-corrected chi connectivity index (χ2v) is 8.76. The van der Waals surface area contributed by atoms with E-state index in [9.17, 15) is 0 Å². The largest absolute Gasteiger partial charge is 0.493 e. The molecule has 3 unspecified atom stereocenters. The van der Waals surface area contributed by atoms with Crippen molar-refractivity contribution < 1.29 is 9.47 Å². The zero-order valence-electron chi connectivity index (χ0n) is 17.5. The third kappa shape index (κ3) is 3.94. The van der Waals surface area contributed by atoms with Gasteiger partial charge in [-0.05, 0) is 84.9 Å². The third-order valence-electron chi connectivity index (χ3n) is 6.93. The molecule has 0 saturated heterocycles. The highest BCUT2D eigenvalue weighted by Crippen LogP contribution is 2.47. The Kier molecular flexibility index (Phi) is 5.44. The summed E-state index contributed by atoms with van der Waals surface area (Å²) in [6.45, 7) is 0. The molecule has 2 aliphatic carbocycles. The molecule has 3 nitrogen and oxygen atoms in total. The van der Waals surface area contributed by atoms with Crippen LogP contribution in [0.25, 0.3) is 0 Å². The van der Waals surface area contributed by atoms with Crippen LogP contribution in [0.4, 0.5) is 0 Å². The number of ether oxygens (including phenoxy) is 2. The lowest BCUT2D eigenvalue weighted by Crippen LogP contribution is -2.23. The molecule has 3 aromatic rings. The summed E-state index contributed by atoms with van der Waals surface area (Å²) in [7, 11) is 1.73. The first-order valence-corrected chi connectivity index (χ1v) is 11.1. The van der Waals surface area contributed by atoms with E-state index in [-0.39, 0.29) is 5.92 Å². The zero-order valence-corrected chi connectivity index (χ0v) is 17.5. The zero-order chi connectivity index (χ0) is 20.3. The summed E-state index contributed by atoms with van der Waals surface area (Å²) >= 11 is 0. The van der Waals surface area contributed by atoms with Crippen molar-refractivity contribution in [1.82, 2.24) is 4.98 Å². The van der Waals surface area contributed by atoms with Crippen molar-refractivity contribution in [2.45, 2.75) is 44.1 Å². The average molecular weight is 400 g/mol. The molecule has 0 radical (unpaired) electrons. The van der Waals surface area contributed by atoms with Crippen molar-refractivity contribution in [3.8, 4) is 11.5 Å². The fourth-order valence-electron chi connectivity index (χ4n) is 5.36. The predicted octanol–water partition coefficient (Wildman–Crippen LogP) is 6.03. The fourth-order valence-corrected chi connectivity index (χ4v) is 5.36. The lowest BCUT2D eigenvalue weighted by atomic mass is 9.86. The van der Waals surface area contributed by atoms with Gasteiger partial charge in [-0.1, -0.05) is 36.4 Å². The number of nitrogens with zero attached hydrogens (tertiary/aromatic N) is 1. The summed E-state index contributed by atoms with van der Waals surface area (Å²) in [6, 6.07) is 21.4. The number of rotatable bonds is 7. The standard InChI is InChI=1S/C27H29NO2/c1-29-25-10-9-22(18-27(25)30-26-17-20-7-8-23(26)15-20)24(21-5-3-2-4-6-21)16-19-11-13-28-14-12-19/h2-6,9-14,18,20,23-24,26H,7-8,15-17H2,1H3/t20?,23?,24-,26?/m1/s1. The number of pyridine rings is 1. The van der Waals surface area contributed by atoms with Gasteiger partial charge in [0.2, 0.25) is 0 Å². The second kappa shape index (κ2) is 8.51. The predicted molar refractivity (Wildman–Crippen MR) is 119 cm³/mol. The summed E-state index contributed by atoms with van der Waals surface area (Å²) in [5.74, 6) is 3.55. The summed E-state index contributed by atoms with van der Waals surface area (Å²) in [5, 5.41) is 0.